The summed E-state index contributed by atoms with van der Waals surface area (Å²) in [7, 11) is 0. The molecule has 0 aromatic heterocycles. The fourth-order valence-corrected chi connectivity index (χ4v) is 1.58. The van der Waals surface area contributed by atoms with Crippen LogP contribution in [0.2, 0.25) is 0 Å². The molecule has 0 aliphatic rings. The predicted octanol–water partition coefficient (Wildman–Crippen LogP) is 2.91. The van der Waals surface area contributed by atoms with E-state index in [9.17, 15) is 5.11 Å². The molecule has 0 amide bonds. The van der Waals surface area contributed by atoms with E-state index in [0.29, 0.717) is 0 Å². The first kappa shape index (κ1) is 17.2. The zero-order valence-corrected chi connectivity index (χ0v) is 12.3. The normalized spacial score (nSPS) is 13.1. The number of aliphatic hydroxyl groups excluding tert-OH is 1. The van der Waals surface area contributed by atoms with Gasteiger partial charge in [-0.25, -0.2) is 0 Å². The van der Waals surface area contributed by atoms with Gasteiger partial charge in [-0.1, -0.05) is 26.0 Å². The number of halogens is 1. The van der Waals surface area contributed by atoms with Gasteiger partial charge in [0, 0.05) is 18.1 Å². The molecule has 0 saturated carbocycles. The van der Waals surface area contributed by atoms with E-state index in [0.717, 1.165) is 11.3 Å². The number of ether oxygens (including phenoxy) is 1. The van der Waals surface area contributed by atoms with E-state index in [2.05, 4.69) is 0 Å². The van der Waals surface area contributed by atoms with Crippen LogP contribution in [0.4, 0.5) is 0 Å². The Morgan fingerprint density at radius 3 is 2.11 bits per heavy atom. The third-order valence-corrected chi connectivity index (χ3v) is 2.86. The Balaban J connectivity index is 0.00000289. The molecule has 0 saturated heterocycles. The molecule has 0 spiro atoms. The topological polar surface area (TPSA) is 55.5 Å². The van der Waals surface area contributed by atoms with E-state index < -0.39 is 0 Å². The molecule has 1 aromatic carbocycles. The minimum Gasteiger partial charge on any atom is -0.491 e. The van der Waals surface area contributed by atoms with E-state index in [1.165, 1.54) is 0 Å². The number of nitrogens with two attached hydrogens (primary N) is 1. The van der Waals surface area contributed by atoms with Crippen molar-refractivity contribution < 1.29 is 9.84 Å². The minimum atomic E-state index is -0.319. The molecule has 104 valence electrons. The Kier molecular flexibility index (Phi) is 6.68. The third kappa shape index (κ3) is 4.48. The van der Waals surface area contributed by atoms with Crippen LogP contribution in [0.15, 0.2) is 24.3 Å². The number of hydrogen-bond donors (Lipinski definition) is 2. The van der Waals surface area contributed by atoms with Crippen molar-refractivity contribution in [3.63, 3.8) is 0 Å². The highest BCUT2D eigenvalue weighted by atomic mass is 35.5. The first-order chi connectivity index (χ1) is 7.86. The fraction of sp³-hybridized carbons (Fsp3) is 0.571. The van der Waals surface area contributed by atoms with Crippen molar-refractivity contribution in [2.75, 3.05) is 6.61 Å². The highest BCUT2D eigenvalue weighted by molar-refractivity contribution is 5.85. The van der Waals surface area contributed by atoms with Gasteiger partial charge in [0.05, 0.1) is 6.10 Å². The summed E-state index contributed by atoms with van der Waals surface area (Å²) in [5, 5.41) is 9.29. The van der Waals surface area contributed by atoms with Gasteiger partial charge in [0.2, 0.25) is 0 Å². The summed E-state index contributed by atoms with van der Waals surface area (Å²) in [5.74, 6) is 0.845. The number of benzene rings is 1. The Morgan fingerprint density at radius 1 is 1.22 bits per heavy atom. The second kappa shape index (κ2) is 6.98. The van der Waals surface area contributed by atoms with Gasteiger partial charge in [0.1, 0.15) is 5.75 Å². The Hall–Kier alpha value is -0.770. The smallest absolute Gasteiger partial charge is 0.119 e. The number of hydrogen-bond acceptors (Lipinski definition) is 3. The summed E-state index contributed by atoms with van der Waals surface area (Å²) < 4.78 is 5.57. The summed E-state index contributed by atoms with van der Waals surface area (Å²) in [4.78, 5) is 0. The van der Waals surface area contributed by atoms with Gasteiger partial charge in [0.15, 0.2) is 0 Å². The molecule has 0 heterocycles. The Morgan fingerprint density at radius 2 is 1.72 bits per heavy atom. The van der Waals surface area contributed by atoms with E-state index >= 15 is 0 Å². The van der Waals surface area contributed by atoms with Gasteiger partial charge in [-0.2, -0.15) is 0 Å². The van der Waals surface area contributed by atoms with Crippen LogP contribution in [-0.2, 0) is 0 Å². The van der Waals surface area contributed by atoms with Gasteiger partial charge in [-0.05, 0) is 31.5 Å². The molecule has 1 atom stereocenters. The van der Waals surface area contributed by atoms with Crippen molar-refractivity contribution in [2.45, 2.75) is 39.8 Å². The highest BCUT2D eigenvalue weighted by Gasteiger charge is 2.26. The zero-order valence-electron chi connectivity index (χ0n) is 11.5. The fourth-order valence-electron chi connectivity index (χ4n) is 1.58. The monoisotopic (exact) mass is 273 g/mol. The lowest BCUT2D eigenvalue weighted by molar-refractivity contribution is 0.132. The molecule has 0 bridgehead atoms. The Bertz CT molecular complexity index is 349. The summed E-state index contributed by atoms with van der Waals surface area (Å²) in [5.41, 5.74) is 6.83. The number of rotatable bonds is 5. The van der Waals surface area contributed by atoms with Crippen molar-refractivity contribution in [1.82, 2.24) is 0 Å². The third-order valence-electron chi connectivity index (χ3n) is 2.86. The average molecular weight is 274 g/mol. The average Bonchev–Trinajstić information content (AvgIpc) is 2.28. The molecule has 0 radical (unpaired) electrons. The van der Waals surface area contributed by atoms with Crippen LogP contribution in [0.25, 0.3) is 0 Å². The van der Waals surface area contributed by atoms with Crippen molar-refractivity contribution in [3.8, 4) is 5.75 Å². The van der Waals surface area contributed by atoms with Gasteiger partial charge in [0.25, 0.3) is 0 Å². The van der Waals surface area contributed by atoms with Crippen LogP contribution in [-0.4, -0.2) is 17.8 Å². The summed E-state index contributed by atoms with van der Waals surface area (Å²) >= 11 is 0. The molecule has 1 aromatic rings. The molecule has 0 unspecified atom stereocenters. The first-order valence-corrected chi connectivity index (χ1v) is 6.00. The molecule has 4 heteroatoms. The molecule has 0 aliphatic heterocycles. The van der Waals surface area contributed by atoms with E-state index in [-0.39, 0.29) is 36.6 Å². The van der Waals surface area contributed by atoms with E-state index in [4.69, 9.17) is 10.5 Å². The molecule has 3 nitrogen and oxygen atoms in total. The molecular weight excluding hydrogens is 250 g/mol. The SMILES string of the molecule is CC(C)Oc1ccc([C@H](N)C(C)(C)CO)cc1.Cl. The van der Waals surface area contributed by atoms with Gasteiger partial charge >= 0.3 is 0 Å². The quantitative estimate of drug-likeness (QED) is 0.867. The molecule has 3 N–H and O–H groups in total. The van der Waals surface area contributed by atoms with Crippen molar-refractivity contribution >= 4 is 12.4 Å². The maximum Gasteiger partial charge on any atom is 0.119 e. The second-order valence-electron chi connectivity index (χ2n) is 5.36. The molecule has 0 aliphatic carbocycles. The van der Waals surface area contributed by atoms with Crippen LogP contribution >= 0.6 is 12.4 Å². The van der Waals surface area contributed by atoms with Crippen LogP contribution in [0, 0.1) is 5.41 Å². The van der Waals surface area contributed by atoms with Crippen molar-refractivity contribution in [1.29, 1.82) is 0 Å². The predicted molar refractivity (Wildman–Crippen MR) is 77.2 cm³/mol. The second-order valence-corrected chi connectivity index (χ2v) is 5.36. The summed E-state index contributed by atoms with van der Waals surface area (Å²) in [6, 6.07) is 7.57. The standard InChI is InChI=1S/C14H23NO2.ClH/c1-10(2)17-12-7-5-11(6-8-12)13(15)14(3,4)9-16;/h5-8,10,13,16H,9,15H2,1-4H3;1H/t13-;/m0./s1. The van der Waals surface area contributed by atoms with Crippen LogP contribution in [0.5, 0.6) is 5.75 Å². The lowest BCUT2D eigenvalue weighted by Crippen LogP contribution is -2.32. The summed E-state index contributed by atoms with van der Waals surface area (Å²) in [6.07, 6.45) is 0.170. The van der Waals surface area contributed by atoms with Gasteiger partial charge in [-0.3, -0.25) is 0 Å². The van der Waals surface area contributed by atoms with Gasteiger partial charge < -0.3 is 15.6 Å². The van der Waals surface area contributed by atoms with Gasteiger partial charge in [-0.15, -0.1) is 12.4 Å². The van der Waals surface area contributed by atoms with Crippen molar-refractivity contribution in [3.05, 3.63) is 29.8 Å². The van der Waals surface area contributed by atoms with Crippen LogP contribution in [0.3, 0.4) is 0 Å². The zero-order chi connectivity index (χ0) is 13.1. The van der Waals surface area contributed by atoms with Crippen molar-refractivity contribution in [2.24, 2.45) is 11.1 Å². The minimum absolute atomic E-state index is 0. The van der Waals surface area contributed by atoms with E-state index in [1.807, 2.05) is 52.0 Å². The lowest BCUT2D eigenvalue weighted by atomic mass is 9.82. The maximum atomic E-state index is 9.29. The van der Waals surface area contributed by atoms with Crippen LogP contribution in [0.1, 0.15) is 39.3 Å². The highest BCUT2D eigenvalue weighted by Crippen LogP contribution is 2.31. The number of aliphatic hydroxyl groups is 1. The maximum absolute atomic E-state index is 9.29. The molecule has 1 rings (SSSR count). The Labute approximate surface area is 116 Å². The first-order valence-electron chi connectivity index (χ1n) is 6.00. The molecule has 0 fully saturated rings. The molecular formula is C14H24ClNO2. The van der Waals surface area contributed by atoms with Crippen LogP contribution < -0.4 is 10.5 Å². The lowest BCUT2D eigenvalue weighted by Gasteiger charge is -2.29. The van der Waals surface area contributed by atoms with E-state index in [1.54, 1.807) is 0 Å². The molecule has 18 heavy (non-hydrogen) atoms. The summed E-state index contributed by atoms with van der Waals surface area (Å²) in [6.45, 7) is 7.97. The largest absolute Gasteiger partial charge is 0.491 e.